The summed E-state index contributed by atoms with van der Waals surface area (Å²) in [7, 11) is 1.53. The van der Waals surface area contributed by atoms with Crippen molar-refractivity contribution in [3.05, 3.63) is 23.8 Å². The molecule has 4 nitrogen and oxygen atoms in total. The number of carbonyl (C=O) groups is 1. The number of benzene rings is 1. The van der Waals surface area contributed by atoms with Gasteiger partial charge in [0.15, 0.2) is 0 Å². The van der Waals surface area contributed by atoms with Crippen molar-refractivity contribution in [1.29, 1.82) is 0 Å². The molecule has 0 radical (unpaired) electrons. The second-order valence-electron chi connectivity index (χ2n) is 4.32. The molecule has 98 valence electrons. The van der Waals surface area contributed by atoms with Crippen LogP contribution in [0.5, 0.6) is 11.5 Å². The Morgan fingerprint density at radius 3 is 3.11 bits per heavy atom. The Kier molecular flexibility index (Phi) is 4.36. The number of phenols is 1. The third-order valence-electron chi connectivity index (χ3n) is 3.02. The van der Waals surface area contributed by atoms with Gasteiger partial charge in [0.2, 0.25) is 0 Å². The topological polar surface area (TPSA) is 58.6 Å². The molecule has 2 N–H and O–H groups in total. The van der Waals surface area contributed by atoms with Crippen LogP contribution < -0.4 is 10.1 Å². The van der Waals surface area contributed by atoms with Crippen LogP contribution >= 0.6 is 11.8 Å². The molecule has 0 aliphatic carbocycles. The fourth-order valence-electron chi connectivity index (χ4n) is 1.90. The van der Waals surface area contributed by atoms with Gasteiger partial charge in [0.05, 0.1) is 12.7 Å². The van der Waals surface area contributed by atoms with Crippen LogP contribution in [-0.4, -0.2) is 36.2 Å². The summed E-state index contributed by atoms with van der Waals surface area (Å²) >= 11 is 1.92. The summed E-state index contributed by atoms with van der Waals surface area (Å²) in [4.78, 5) is 12.0. The maximum Gasteiger partial charge on any atom is 0.255 e. The van der Waals surface area contributed by atoms with Gasteiger partial charge in [-0.05, 0) is 42.0 Å². The van der Waals surface area contributed by atoms with E-state index in [4.69, 9.17) is 4.74 Å². The summed E-state index contributed by atoms with van der Waals surface area (Å²) in [5.41, 5.74) is 0.264. The largest absolute Gasteiger partial charge is 0.507 e. The number of phenolic OH excluding ortho intramolecular Hbond substituents is 1. The van der Waals surface area contributed by atoms with Crippen molar-refractivity contribution >= 4 is 17.7 Å². The van der Waals surface area contributed by atoms with Crippen LogP contribution in [0.1, 0.15) is 16.8 Å². The van der Waals surface area contributed by atoms with Crippen LogP contribution in [0.2, 0.25) is 0 Å². The highest BCUT2D eigenvalue weighted by Crippen LogP contribution is 2.24. The molecule has 1 aliphatic heterocycles. The molecule has 1 unspecified atom stereocenters. The third kappa shape index (κ3) is 3.10. The minimum Gasteiger partial charge on any atom is -0.507 e. The molecule has 0 aromatic heterocycles. The van der Waals surface area contributed by atoms with Crippen molar-refractivity contribution in [2.45, 2.75) is 6.42 Å². The standard InChI is InChI=1S/C13H17NO3S/c1-17-10-2-3-12(15)11(6-10)13(16)14-7-9-4-5-18-8-9/h2-3,6,9,15H,4-5,7-8H2,1H3,(H,14,16). The zero-order valence-electron chi connectivity index (χ0n) is 10.3. The second kappa shape index (κ2) is 6.00. The summed E-state index contributed by atoms with van der Waals surface area (Å²) in [5, 5.41) is 12.5. The Balaban J connectivity index is 1.98. The number of nitrogens with one attached hydrogen (secondary N) is 1. The fraction of sp³-hybridized carbons (Fsp3) is 0.462. The Morgan fingerprint density at radius 1 is 1.61 bits per heavy atom. The maximum atomic E-state index is 12.0. The highest BCUT2D eigenvalue weighted by Gasteiger charge is 2.18. The van der Waals surface area contributed by atoms with E-state index in [-0.39, 0.29) is 17.2 Å². The van der Waals surface area contributed by atoms with Crippen molar-refractivity contribution in [3.8, 4) is 11.5 Å². The van der Waals surface area contributed by atoms with Gasteiger partial charge in [-0.3, -0.25) is 4.79 Å². The number of carbonyl (C=O) groups excluding carboxylic acids is 1. The van der Waals surface area contributed by atoms with Gasteiger partial charge in [0, 0.05) is 6.54 Å². The van der Waals surface area contributed by atoms with Crippen LogP contribution in [0.4, 0.5) is 0 Å². The van der Waals surface area contributed by atoms with Crippen LogP contribution in [0, 0.1) is 5.92 Å². The number of ether oxygens (including phenoxy) is 1. The SMILES string of the molecule is COc1ccc(O)c(C(=O)NCC2CCSC2)c1. The first kappa shape index (κ1) is 13.1. The average Bonchev–Trinajstić information content (AvgIpc) is 2.89. The van der Waals surface area contributed by atoms with Crippen LogP contribution in [0.3, 0.4) is 0 Å². The minimum absolute atomic E-state index is 0.0194. The number of hydrogen-bond acceptors (Lipinski definition) is 4. The van der Waals surface area contributed by atoms with E-state index in [0.29, 0.717) is 18.2 Å². The van der Waals surface area contributed by atoms with E-state index in [9.17, 15) is 9.90 Å². The van der Waals surface area contributed by atoms with Gasteiger partial charge < -0.3 is 15.2 Å². The quantitative estimate of drug-likeness (QED) is 0.874. The van der Waals surface area contributed by atoms with Crippen molar-refractivity contribution in [2.24, 2.45) is 5.92 Å². The van der Waals surface area contributed by atoms with Crippen molar-refractivity contribution in [3.63, 3.8) is 0 Å². The second-order valence-corrected chi connectivity index (χ2v) is 5.47. The molecular weight excluding hydrogens is 250 g/mol. The molecule has 1 heterocycles. The maximum absolute atomic E-state index is 12.0. The monoisotopic (exact) mass is 267 g/mol. The Labute approximate surface area is 111 Å². The first-order chi connectivity index (χ1) is 8.70. The average molecular weight is 267 g/mol. The molecule has 1 aromatic rings. The molecule has 1 amide bonds. The van der Waals surface area contributed by atoms with Gasteiger partial charge in [0.1, 0.15) is 11.5 Å². The lowest BCUT2D eigenvalue weighted by atomic mass is 10.1. The molecule has 1 saturated heterocycles. The molecular formula is C13H17NO3S. The van der Waals surface area contributed by atoms with Gasteiger partial charge in [0.25, 0.3) is 5.91 Å². The molecule has 0 saturated carbocycles. The summed E-state index contributed by atoms with van der Waals surface area (Å²) in [6.45, 7) is 0.669. The molecule has 5 heteroatoms. The van der Waals surface area contributed by atoms with E-state index < -0.39 is 0 Å². The lowest BCUT2D eigenvalue weighted by molar-refractivity contribution is 0.0945. The summed E-state index contributed by atoms with van der Waals surface area (Å²) in [5.74, 6) is 3.12. The van der Waals surface area contributed by atoms with Gasteiger partial charge in [-0.25, -0.2) is 0 Å². The van der Waals surface area contributed by atoms with E-state index >= 15 is 0 Å². The molecule has 1 aromatic carbocycles. The predicted octanol–water partition coefficient (Wildman–Crippen LogP) is 1.88. The number of methoxy groups -OCH3 is 1. The van der Waals surface area contributed by atoms with Crippen molar-refractivity contribution in [2.75, 3.05) is 25.2 Å². The highest BCUT2D eigenvalue weighted by atomic mass is 32.2. The summed E-state index contributed by atoms with van der Waals surface area (Å²) < 4.78 is 5.04. The lowest BCUT2D eigenvalue weighted by Gasteiger charge is -2.11. The zero-order valence-corrected chi connectivity index (χ0v) is 11.1. The van der Waals surface area contributed by atoms with Crippen LogP contribution in [0.15, 0.2) is 18.2 Å². The smallest absolute Gasteiger partial charge is 0.255 e. The fourth-order valence-corrected chi connectivity index (χ4v) is 3.19. The third-order valence-corrected chi connectivity index (χ3v) is 4.26. The minimum atomic E-state index is -0.247. The number of aromatic hydroxyl groups is 1. The number of rotatable bonds is 4. The van der Waals surface area contributed by atoms with E-state index in [0.717, 1.165) is 12.2 Å². The van der Waals surface area contributed by atoms with E-state index in [2.05, 4.69) is 5.32 Å². The normalized spacial score (nSPS) is 18.6. The van der Waals surface area contributed by atoms with Crippen molar-refractivity contribution in [1.82, 2.24) is 5.32 Å². The first-order valence-electron chi connectivity index (χ1n) is 5.93. The van der Waals surface area contributed by atoms with Crippen LogP contribution in [-0.2, 0) is 0 Å². The number of amides is 1. The van der Waals surface area contributed by atoms with Gasteiger partial charge in [-0.2, -0.15) is 11.8 Å². The summed E-state index contributed by atoms with van der Waals surface area (Å²) in [6, 6.07) is 4.65. The van der Waals surface area contributed by atoms with Gasteiger partial charge in [-0.1, -0.05) is 0 Å². The number of thioether (sulfide) groups is 1. The number of hydrogen-bond donors (Lipinski definition) is 2. The predicted molar refractivity (Wildman–Crippen MR) is 72.4 cm³/mol. The van der Waals surface area contributed by atoms with Gasteiger partial charge >= 0.3 is 0 Å². The Hall–Kier alpha value is -1.36. The van der Waals surface area contributed by atoms with Crippen molar-refractivity contribution < 1.29 is 14.6 Å². The zero-order chi connectivity index (χ0) is 13.0. The molecule has 1 fully saturated rings. The first-order valence-corrected chi connectivity index (χ1v) is 7.09. The Morgan fingerprint density at radius 2 is 2.44 bits per heavy atom. The van der Waals surface area contributed by atoms with Gasteiger partial charge in [-0.15, -0.1) is 0 Å². The molecule has 0 bridgehead atoms. The molecule has 2 rings (SSSR count). The lowest BCUT2D eigenvalue weighted by Crippen LogP contribution is -2.29. The Bertz CT molecular complexity index is 430. The van der Waals surface area contributed by atoms with E-state index in [1.165, 1.54) is 18.9 Å². The molecule has 0 spiro atoms. The van der Waals surface area contributed by atoms with E-state index in [1.807, 2.05) is 11.8 Å². The van der Waals surface area contributed by atoms with Crippen LogP contribution in [0.25, 0.3) is 0 Å². The highest BCUT2D eigenvalue weighted by molar-refractivity contribution is 7.99. The summed E-state index contributed by atoms with van der Waals surface area (Å²) in [6.07, 6.45) is 1.15. The molecule has 1 aliphatic rings. The molecule has 18 heavy (non-hydrogen) atoms. The van der Waals surface area contributed by atoms with E-state index in [1.54, 1.807) is 12.1 Å². The molecule has 1 atom stereocenters.